The van der Waals surface area contributed by atoms with Crippen LogP contribution in [-0.4, -0.2) is 26.6 Å². The molecule has 5 nitrogen and oxygen atoms in total. The van der Waals surface area contributed by atoms with Gasteiger partial charge in [-0.05, 0) is 98.4 Å². The smallest absolute Gasteiger partial charge is 0.247 e. The highest BCUT2D eigenvalue weighted by Crippen LogP contribution is 2.60. The first-order valence-electron chi connectivity index (χ1n) is 11.7. The van der Waals surface area contributed by atoms with Crippen LogP contribution < -0.4 is 9.62 Å². The van der Waals surface area contributed by atoms with Crippen molar-refractivity contribution in [1.82, 2.24) is 0 Å². The van der Waals surface area contributed by atoms with Crippen LogP contribution in [-0.2, 0) is 20.2 Å². The molecule has 1 amide bonds. The van der Waals surface area contributed by atoms with E-state index in [1.807, 2.05) is 18.2 Å². The Morgan fingerprint density at radius 3 is 1.97 bits per heavy atom. The van der Waals surface area contributed by atoms with Crippen LogP contribution in [0.15, 0.2) is 54.6 Å². The van der Waals surface area contributed by atoms with Gasteiger partial charge in [0.25, 0.3) is 0 Å². The van der Waals surface area contributed by atoms with Crippen molar-refractivity contribution >= 4 is 27.3 Å². The van der Waals surface area contributed by atoms with Crippen LogP contribution in [0.2, 0.25) is 0 Å². The number of sulfonamides is 1. The Morgan fingerprint density at radius 2 is 1.47 bits per heavy atom. The minimum absolute atomic E-state index is 0.324. The summed E-state index contributed by atoms with van der Waals surface area (Å²) in [6.45, 7) is 1.62. The molecular weight excluding hydrogens is 420 g/mol. The number of rotatable bonds is 6. The number of amides is 1. The first-order chi connectivity index (χ1) is 15.2. The number of benzene rings is 2. The summed E-state index contributed by atoms with van der Waals surface area (Å²) in [5.74, 6) is 2.33. The van der Waals surface area contributed by atoms with Crippen molar-refractivity contribution < 1.29 is 13.2 Å². The lowest BCUT2D eigenvalue weighted by atomic mass is 9.48. The van der Waals surface area contributed by atoms with Gasteiger partial charge in [-0.15, -0.1) is 0 Å². The number of nitrogens with zero attached hydrogens (tertiary/aromatic N) is 1. The zero-order valence-electron chi connectivity index (χ0n) is 18.8. The molecule has 0 unspecified atom stereocenters. The van der Waals surface area contributed by atoms with Crippen molar-refractivity contribution in [2.75, 3.05) is 15.9 Å². The van der Waals surface area contributed by atoms with Crippen LogP contribution in [0.25, 0.3) is 0 Å². The molecule has 0 spiro atoms. The molecule has 4 fully saturated rings. The summed E-state index contributed by atoms with van der Waals surface area (Å²) in [6, 6.07) is 16.2. The van der Waals surface area contributed by atoms with Crippen LogP contribution in [0.4, 0.5) is 11.4 Å². The van der Waals surface area contributed by atoms with E-state index in [-0.39, 0.29) is 5.91 Å². The van der Waals surface area contributed by atoms with Crippen molar-refractivity contribution in [2.24, 2.45) is 17.8 Å². The summed E-state index contributed by atoms with van der Waals surface area (Å²) < 4.78 is 26.0. The molecule has 32 heavy (non-hydrogen) atoms. The van der Waals surface area contributed by atoms with Gasteiger partial charge < -0.3 is 5.32 Å². The fraction of sp³-hybridized carbons (Fsp3) is 0.500. The molecule has 0 radical (unpaired) electrons. The lowest BCUT2D eigenvalue weighted by Crippen LogP contribution is -2.48. The van der Waals surface area contributed by atoms with E-state index in [0.29, 0.717) is 16.8 Å². The number of anilines is 2. The summed E-state index contributed by atoms with van der Waals surface area (Å²) in [6.07, 6.45) is 9.31. The van der Waals surface area contributed by atoms with Crippen LogP contribution in [0.1, 0.15) is 51.0 Å². The van der Waals surface area contributed by atoms with Gasteiger partial charge in [-0.1, -0.05) is 30.3 Å². The standard InChI is InChI=1S/C26H32N2O3S/c1-18(28(32(2,30)31)24-6-4-3-5-7-24)25(29)27-23-10-8-22(9-11-23)26-15-19-12-20(16-26)14-21(13-19)17-26/h3-11,18-21H,12-17H2,1-2H3,(H,27,29)/t18-,19?,20?,21?,26?/m1/s1. The quantitative estimate of drug-likeness (QED) is 0.675. The molecule has 4 bridgehead atoms. The second-order valence-electron chi connectivity index (χ2n) is 10.3. The predicted molar refractivity (Wildman–Crippen MR) is 128 cm³/mol. The third-order valence-electron chi connectivity index (χ3n) is 7.90. The topological polar surface area (TPSA) is 66.5 Å². The fourth-order valence-electron chi connectivity index (χ4n) is 7.00. The Morgan fingerprint density at radius 1 is 0.938 bits per heavy atom. The molecule has 6 rings (SSSR count). The largest absolute Gasteiger partial charge is 0.324 e. The molecule has 2 aromatic carbocycles. The predicted octanol–water partition coefficient (Wildman–Crippen LogP) is 4.95. The molecule has 4 aliphatic carbocycles. The van der Waals surface area contributed by atoms with Crippen molar-refractivity contribution in [2.45, 2.75) is 56.9 Å². The van der Waals surface area contributed by atoms with Gasteiger partial charge in [-0.2, -0.15) is 0 Å². The van der Waals surface area contributed by atoms with Crippen molar-refractivity contribution in [3.63, 3.8) is 0 Å². The van der Waals surface area contributed by atoms with E-state index >= 15 is 0 Å². The highest BCUT2D eigenvalue weighted by atomic mass is 32.2. The zero-order valence-corrected chi connectivity index (χ0v) is 19.6. The number of hydrogen-bond acceptors (Lipinski definition) is 3. The lowest BCUT2D eigenvalue weighted by Gasteiger charge is -2.57. The second-order valence-corrected chi connectivity index (χ2v) is 12.2. The molecule has 0 saturated heterocycles. The van der Waals surface area contributed by atoms with Crippen molar-refractivity contribution in [3.8, 4) is 0 Å². The molecule has 4 aliphatic rings. The van der Waals surface area contributed by atoms with Gasteiger partial charge in [-0.25, -0.2) is 8.42 Å². The van der Waals surface area contributed by atoms with E-state index in [9.17, 15) is 13.2 Å². The van der Waals surface area contributed by atoms with Crippen molar-refractivity contribution in [1.29, 1.82) is 0 Å². The van der Waals surface area contributed by atoms with Crippen LogP contribution in [0, 0.1) is 17.8 Å². The first kappa shape index (κ1) is 21.5. The van der Waals surface area contributed by atoms with Gasteiger partial charge in [0.2, 0.25) is 15.9 Å². The number of nitrogens with one attached hydrogen (secondary N) is 1. The van der Waals surface area contributed by atoms with Gasteiger partial charge >= 0.3 is 0 Å². The van der Waals surface area contributed by atoms with E-state index in [2.05, 4.69) is 17.4 Å². The second kappa shape index (κ2) is 7.91. The molecule has 2 aromatic rings. The Balaban J connectivity index is 1.32. The fourth-order valence-corrected chi connectivity index (χ4v) is 8.18. The van der Waals surface area contributed by atoms with Gasteiger partial charge in [0.1, 0.15) is 6.04 Å². The summed E-state index contributed by atoms with van der Waals surface area (Å²) in [7, 11) is -3.61. The Hall–Kier alpha value is -2.34. The molecule has 1 N–H and O–H groups in total. The average molecular weight is 453 g/mol. The Labute approximate surface area is 191 Å². The third-order valence-corrected chi connectivity index (χ3v) is 9.14. The van der Waals surface area contributed by atoms with Crippen LogP contribution in [0.5, 0.6) is 0 Å². The SMILES string of the molecule is C[C@H](C(=O)Nc1ccc(C23CC4CC(CC(C4)C2)C3)cc1)N(c1ccccc1)S(C)(=O)=O. The van der Waals surface area contributed by atoms with E-state index in [1.165, 1.54) is 48.4 Å². The molecule has 0 aliphatic heterocycles. The van der Waals surface area contributed by atoms with E-state index in [4.69, 9.17) is 0 Å². The summed E-state index contributed by atoms with van der Waals surface area (Å²) in [5.41, 5.74) is 2.92. The maximum atomic E-state index is 13.0. The maximum absolute atomic E-state index is 13.0. The van der Waals surface area contributed by atoms with Gasteiger partial charge in [0.05, 0.1) is 11.9 Å². The molecule has 6 heteroatoms. The third kappa shape index (κ3) is 3.94. The Kier molecular flexibility index (Phi) is 5.31. The molecule has 170 valence electrons. The lowest BCUT2D eigenvalue weighted by molar-refractivity contribution is -0.116. The minimum Gasteiger partial charge on any atom is -0.324 e. The monoisotopic (exact) mass is 452 g/mol. The summed E-state index contributed by atoms with van der Waals surface area (Å²) in [5, 5.41) is 2.92. The molecule has 4 saturated carbocycles. The van der Waals surface area contributed by atoms with Crippen LogP contribution >= 0.6 is 0 Å². The summed E-state index contributed by atoms with van der Waals surface area (Å²) >= 11 is 0. The van der Waals surface area contributed by atoms with Crippen LogP contribution in [0.3, 0.4) is 0 Å². The minimum atomic E-state index is -3.61. The first-order valence-corrected chi connectivity index (χ1v) is 13.5. The van der Waals surface area contributed by atoms with Gasteiger partial charge in [0.15, 0.2) is 0 Å². The normalized spacial score (nSPS) is 29.5. The highest BCUT2D eigenvalue weighted by molar-refractivity contribution is 7.92. The van der Waals surface area contributed by atoms with E-state index < -0.39 is 16.1 Å². The molecule has 0 heterocycles. The average Bonchev–Trinajstić information content (AvgIpc) is 2.73. The molecular formula is C26H32N2O3S. The zero-order chi connectivity index (χ0) is 22.5. The molecule has 1 atom stereocenters. The summed E-state index contributed by atoms with van der Waals surface area (Å²) in [4.78, 5) is 13.0. The number of para-hydroxylation sites is 1. The van der Waals surface area contributed by atoms with E-state index in [0.717, 1.165) is 24.0 Å². The number of hydrogen-bond donors (Lipinski definition) is 1. The number of carbonyl (C=O) groups excluding carboxylic acids is 1. The van der Waals surface area contributed by atoms with E-state index in [1.54, 1.807) is 31.2 Å². The van der Waals surface area contributed by atoms with Gasteiger partial charge in [-0.3, -0.25) is 9.10 Å². The number of carbonyl (C=O) groups is 1. The van der Waals surface area contributed by atoms with Crippen molar-refractivity contribution in [3.05, 3.63) is 60.2 Å². The molecule has 0 aromatic heterocycles. The Bertz CT molecular complexity index is 1060. The maximum Gasteiger partial charge on any atom is 0.247 e. The van der Waals surface area contributed by atoms with Gasteiger partial charge in [0, 0.05) is 5.69 Å². The highest BCUT2D eigenvalue weighted by Gasteiger charge is 2.51.